The Bertz CT molecular complexity index is 413. The van der Waals surface area contributed by atoms with Crippen LogP contribution in [-0.2, 0) is 11.3 Å². The molecule has 0 spiro atoms. The number of rotatable bonds is 5. The van der Waals surface area contributed by atoms with Crippen molar-refractivity contribution in [3.8, 4) is 0 Å². The summed E-state index contributed by atoms with van der Waals surface area (Å²) in [6, 6.07) is 9.89. The molecule has 0 saturated carbocycles. The van der Waals surface area contributed by atoms with Gasteiger partial charge in [0.05, 0.1) is 12.1 Å². The van der Waals surface area contributed by atoms with Gasteiger partial charge in [-0.25, -0.2) is 0 Å². The monoisotopic (exact) mass is 262 g/mol. The van der Waals surface area contributed by atoms with Crippen LogP contribution in [0, 0.1) is 0 Å². The molecule has 1 aromatic carbocycles. The molecule has 1 aliphatic rings. The van der Waals surface area contributed by atoms with E-state index in [2.05, 4.69) is 5.32 Å². The number of carbonyl (C=O) groups is 1. The zero-order valence-electron chi connectivity index (χ0n) is 11.4. The minimum atomic E-state index is -0.468. The van der Waals surface area contributed by atoms with Gasteiger partial charge in [-0.3, -0.25) is 4.79 Å². The Morgan fingerprint density at radius 1 is 1.42 bits per heavy atom. The predicted molar refractivity (Wildman–Crippen MR) is 74.6 cm³/mol. The van der Waals surface area contributed by atoms with E-state index in [1.807, 2.05) is 37.3 Å². The van der Waals surface area contributed by atoms with Gasteiger partial charge in [-0.15, -0.1) is 0 Å². The van der Waals surface area contributed by atoms with Crippen molar-refractivity contribution < 1.29 is 9.90 Å². The van der Waals surface area contributed by atoms with Crippen molar-refractivity contribution in [1.29, 1.82) is 0 Å². The maximum Gasteiger partial charge on any atom is 0.242 e. The summed E-state index contributed by atoms with van der Waals surface area (Å²) < 4.78 is 0. The second kappa shape index (κ2) is 6.17. The molecule has 1 amide bonds. The van der Waals surface area contributed by atoms with Crippen LogP contribution < -0.4 is 5.32 Å². The first-order valence-corrected chi connectivity index (χ1v) is 6.85. The van der Waals surface area contributed by atoms with Gasteiger partial charge < -0.3 is 15.3 Å². The van der Waals surface area contributed by atoms with Gasteiger partial charge in [0.2, 0.25) is 5.91 Å². The number of benzene rings is 1. The lowest BCUT2D eigenvalue weighted by molar-refractivity contribution is -0.138. The van der Waals surface area contributed by atoms with Crippen LogP contribution >= 0.6 is 0 Å². The smallest absolute Gasteiger partial charge is 0.242 e. The molecule has 104 valence electrons. The Balaban J connectivity index is 2.09. The van der Waals surface area contributed by atoms with Crippen molar-refractivity contribution in [1.82, 2.24) is 10.2 Å². The van der Waals surface area contributed by atoms with Crippen molar-refractivity contribution in [2.75, 3.05) is 19.7 Å². The van der Waals surface area contributed by atoms with Gasteiger partial charge in [0, 0.05) is 13.1 Å². The first-order valence-electron chi connectivity index (χ1n) is 6.85. The Kier molecular flexibility index (Phi) is 4.56. The number of hydrogen-bond donors (Lipinski definition) is 2. The number of aliphatic hydroxyl groups excluding tert-OH is 1. The first-order chi connectivity index (χ1) is 9.15. The predicted octanol–water partition coefficient (Wildman–Crippen LogP) is 1.15. The summed E-state index contributed by atoms with van der Waals surface area (Å²) in [4.78, 5) is 14.4. The van der Waals surface area contributed by atoms with Gasteiger partial charge in [-0.05, 0) is 31.9 Å². The van der Waals surface area contributed by atoms with Crippen LogP contribution in [0.2, 0.25) is 0 Å². The molecule has 1 aliphatic heterocycles. The lowest BCUT2D eigenvalue weighted by atomic mass is 9.98. The highest BCUT2D eigenvalue weighted by molar-refractivity contribution is 5.86. The molecule has 0 aromatic heterocycles. The standard InChI is InChI=1S/C15H22N2O2/c1-15(8-5-9-16-15)14(19)17(10-11-18)12-13-6-3-2-4-7-13/h2-4,6-7,16,18H,5,8-12H2,1H3. The molecule has 0 radical (unpaired) electrons. The highest BCUT2D eigenvalue weighted by atomic mass is 16.3. The third kappa shape index (κ3) is 3.33. The lowest BCUT2D eigenvalue weighted by Gasteiger charge is -2.31. The lowest BCUT2D eigenvalue weighted by Crippen LogP contribution is -2.53. The van der Waals surface area contributed by atoms with Crippen molar-refractivity contribution in [3.05, 3.63) is 35.9 Å². The molecule has 2 N–H and O–H groups in total. The van der Waals surface area contributed by atoms with Gasteiger partial charge in [0.15, 0.2) is 0 Å². The molecule has 1 unspecified atom stereocenters. The summed E-state index contributed by atoms with van der Waals surface area (Å²) >= 11 is 0. The molecule has 1 aromatic rings. The van der Waals surface area contributed by atoms with E-state index in [4.69, 9.17) is 0 Å². The number of nitrogens with zero attached hydrogens (tertiary/aromatic N) is 1. The molecule has 1 fully saturated rings. The number of aliphatic hydroxyl groups is 1. The van der Waals surface area contributed by atoms with Crippen LogP contribution in [0.25, 0.3) is 0 Å². The molecular weight excluding hydrogens is 240 g/mol. The number of amides is 1. The van der Waals surface area contributed by atoms with Crippen LogP contribution in [-0.4, -0.2) is 41.1 Å². The van der Waals surface area contributed by atoms with E-state index in [1.165, 1.54) is 0 Å². The van der Waals surface area contributed by atoms with E-state index >= 15 is 0 Å². The molecular formula is C15H22N2O2. The summed E-state index contributed by atoms with van der Waals surface area (Å²) in [5, 5.41) is 12.5. The van der Waals surface area contributed by atoms with Crippen LogP contribution in [0.3, 0.4) is 0 Å². The molecule has 0 aliphatic carbocycles. The number of hydrogen-bond acceptors (Lipinski definition) is 3. The summed E-state index contributed by atoms with van der Waals surface area (Å²) in [7, 11) is 0. The molecule has 1 heterocycles. The van der Waals surface area contributed by atoms with Gasteiger partial charge in [-0.1, -0.05) is 30.3 Å². The van der Waals surface area contributed by atoms with Gasteiger partial charge in [0.1, 0.15) is 0 Å². The third-order valence-electron chi connectivity index (χ3n) is 3.71. The highest BCUT2D eigenvalue weighted by Crippen LogP contribution is 2.22. The topological polar surface area (TPSA) is 52.6 Å². The largest absolute Gasteiger partial charge is 0.395 e. The van der Waals surface area contributed by atoms with Crippen LogP contribution in [0.15, 0.2) is 30.3 Å². The van der Waals surface area contributed by atoms with Crippen LogP contribution in [0.5, 0.6) is 0 Å². The van der Waals surface area contributed by atoms with E-state index in [-0.39, 0.29) is 12.5 Å². The van der Waals surface area contributed by atoms with Crippen molar-refractivity contribution in [3.63, 3.8) is 0 Å². The number of nitrogens with one attached hydrogen (secondary N) is 1. The van der Waals surface area contributed by atoms with Crippen molar-refractivity contribution in [2.24, 2.45) is 0 Å². The van der Waals surface area contributed by atoms with E-state index in [9.17, 15) is 9.90 Å². The van der Waals surface area contributed by atoms with E-state index in [0.29, 0.717) is 13.1 Å². The molecule has 4 heteroatoms. The zero-order valence-corrected chi connectivity index (χ0v) is 11.4. The highest BCUT2D eigenvalue weighted by Gasteiger charge is 2.38. The Labute approximate surface area is 114 Å². The third-order valence-corrected chi connectivity index (χ3v) is 3.71. The second-order valence-corrected chi connectivity index (χ2v) is 5.30. The maximum absolute atomic E-state index is 12.6. The Morgan fingerprint density at radius 2 is 2.16 bits per heavy atom. The van der Waals surface area contributed by atoms with Crippen LogP contribution in [0.4, 0.5) is 0 Å². The van der Waals surface area contributed by atoms with Gasteiger partial charge >= 0.3 is 0 Å². The SMILES string of the molecule is CC1(C(=O)N(CCO)Cc2ccccc2)CCCN1. The molecule has 1 atom stereocenters. The fourth-order valence-electron chi connectivity index (χ4n) is 2.60. The average Bonchev–Trinajstić information content (AvgIpc) is 2.87. The first kappa shape index (κ1) is 14.0. The normalized spacial score (nSPS) is 22.4. The molecule has 1 saturated heterocycles. The fraction of sp³-hybridized carbons (Fsp3) is 0.533. The molecule has 19 heavy (non-hydrogen) atoms. The minimum Gasteiger partial charge on any atom is -0.395 e. The fourth-order valence-corrected chi connectivity index (χ4v) is 2.60. The quantitative estimate of drug-likeness (QED) is 0.837. The Hall–Kier alpha value is -1.39. The summed E-state index contributed by atoms with van der Waals surface area (Å²) in [5.74, 6) is 0.0860. The molecule has 4 nitrogen and oxygen atoms in total. The summed E-state index contributed by atoms with van der Waals surface area (Å²) in [5.41, 5.74) is 0.620. The maximum atomic E-state index is 12.6. The summed E-state index contributed by atoms with van der Waals surface area (Å²) in [6.07, 6.45) is 1.89. The van der Waals surface area contributed by atoms with E-state index < -0.39 is 5.54 Å². The Morgan fingerprint density at radius 3 is 2.74 bits per heavy atom. The van der Waals surface area contributed by atoms with Gasteiger partial charge in [-0.2, -0.15) is 0 Å². The van der Waals surface area contributed by atoms with E-state index in [0.717, 1.165) is 24.9 Å². The second-order valence-electron chi connectivity index (χ2n) is 5.30. The van der Waals surface area contributed by atoms with Crippen molar-refractivity contribution >= 4 is 5.91 Å². The van der Waals surface area contributed by atoms with E-state index in [1.54, 1.807) is 4.90 Å². The minimum absolute atomic E-state index is 0.00530. The van der Waals surface area contributed by atoms with Crippen LogP contribution in [0.1, 0.15) is 25.3 Å². The molecule has 2 rings (SSSR count). The average molecular weight is 262 g/mol. The van der Waals surface area contributed by atoms with Crippen molar-refractivity contribution in [2.45, 2.75) is 31.8 Å². The summed E-state index contributed by atoms with van der Waals surface area (Å²) in [6.45, 7) is 3.77. The zero-order chi connectivity index (χ0) is 13.7. The number of carbonyl (C=O) groups excluding carboxylic acids is 1. The van der Waals surface area contributed by atoms with Gasteiger partial charge in [0.25, 0.3) is 0 Å². The molecule has 0 bridgehead atoms.